The van der Waals surface area contributed by atoms with Gasteiger partial charge in [0.05, 0.1) is 0 Å². The summed E-state index contributed by atoms with van der Waals surface area (Å²) in [4.78, 5) is 13.5. The van der Waals surface area contributed by atoms with E-state index in [9.17, 15) is 4.79 Å². The van der Waals surface area contributed by atoms with Crippen LogP contribution in [0.3, 0.4) is 0 Å². The molecule has 6 heteroatoms. The first-order valence-electron chi connectivity index (χ1n) is 5.38. The predicted molar refractivity (Wildman–Crippen MR) is 60.1 cm³/mol. The third-order valence-electron chi connectivity index (χ3n) is 3.17. The minimum Gasteiger partial charge on any atom is -0.465 e. The lowest BCUT2D eigenvalue weighted by atomic mass is 9.77. The first kappa shape index (κ1) is 12.6. The molecule has 3 atom stereocenters. The molecule has 0 aromatic rings. The lowest BCUT2D eigenvalue weighted by Gasteiger charge is -2.32. The molecule has 1 rings (SSSR count). The summed E-state index contributed by atoms with van der Waals surface area (Å²) >= 11 is 0. The Morgan fingerprint density at radius 1 is 1.50 bits per heavy atom. The van der Waals surface area contributed by atoms with Gasteiger partial charge in [-0.3, -0.25) is 0 Å². The molecule has 1 aliphatic rings. The molecule has 0 aromatic carbocycles. The van der Waals surface area contributed by atoms with E-state index < -0.39 is 6.09 Å². The third-order valence-corrected chi connectivity index (χ3v) is 3.17. The van der Waals surface area contributed by atoms with Crippen molar-refractivity contribution in [3.63, 3.8) is 0 Å². The number of rotatable bonds is 2. The Balaban J connectivity index is 2.78. The SMILES string of the molecule is CC(C)(C)C1C[C@H](N=[N+]=[N-])C[C@@H]1NC(=O)O. The second-order valence-corrected chi connectivity index (χ2v) is 5.36. The Bertz CT molecular complexity index is 317. The van der Waals surface area contributed by atoms with Crippen molar-refractivity contribution in [3.05, 3.63) is 10.4 Å². The number of nitrogens with zero attached hydrogens (tertiary/aromatic N) is 3. The van der Waals surface area contributed by atoms with Gasteiger partial charge in [-0.2, -0.15) is 0 Å². The molecule has 1 unspecified atom stereocenters. The fourth-order valence-electron chi connectivity index (χ4n) is 2.45. The molecule has 1 aliphatic carbocycles. The summed E-state index contributed by atoms with van der Waals surface area (Å²) in [6.45, 7) is 6.23. The molecule has 1 amide bonds. The highest BCUT2D eigenvalue weighted by Gasteiger charge is 2.41. The monoisotopic (exact) mass is 226 g/mol. The van der Waals surface area contributed by atoms with E-state index in [2.05, 4.69) is 36.1 Å². The van der Waals surface area contributed by atoms with Gasteiger partial charge in [0.25, 0.3) is 0 Å². The van der Waals surface area contributed by atoms with Gasteiger partial charge in [0.2, 0.25) is 0 Å². The Labute approximate surface area is 94.7 Å². The fraction of sp³-hybridized carbons (Fsp3) is 0.900. The van der Waals surface area contributed by atoms with Crippen LogP contribution in [0.1, 0.15) is 33.6 Å². The number of carbonyl (C=O) groups is 1. The molecule has 0 heterocycles. The third kappa shape index (κ3) is 3.03. The minimum atomic E-state index is -1.01. The molecule has 90 valence electrons. The molecular formula is C10H18N4O2. The van der Waals surface area contributed by atoms with Crippen LogP contribution in [0, 0.1) is 11.3 Å². The summed E-state index contributed by atoms with van der Waals surface area (Å²) in [6.07, 6.45) is 0.331. The van der Waals surface area contributed by atoms with Gasteiger partial charge in [0.1, 0.15) is 0 Å². The molecule has 0 spiro atoms. The second-order valence-electron chi connectivity index (χ2n) is 5.36. The zero-order valence-electron chi connectivity index (χ0n) is 9.84. The molecule has 16 heavy (non-hydrogen) atoms. The highest BCUT2D eigenvalue weighted by molar-refractivity contribution is 5.65. The van der Waals surface area contributed by atoms with Gasteiger partial charge < -0.3 is 10.4 Å². The zero-order chi connectivity index (χ0) is 12.3. The van der Waals surface area contributed by atoms with Crippen molar-refractivity contribution in [3.8, 4) is 0 Å². The quantitative estimate of drug-likeness (QED) is 0.430. The number of carboxylic acid groups (broad SMARTS) is 1. The summed E-state index contributed by atoms with van der Waals surface area (Å²) in [5.74, 6) is 0.207. The van der Waals surface area contributed by atoms with Crippen LogP contribution in [0.5, 0.6) is 0 Å². The standard InChI is InChI=1S/C10H18N4O2/c1-10(2,3)7-4-6(13-14-11)5-8(7)12-9(15)16/h6-8,12H,4-5H2,1-3H3,(H,15,16)/t6-,7?,8-/m0/s1. The van der Waals surface area contributed by atoms with Gasteiger partial charge in [-0.25, -0.2) is 4.79 Å². The smallest absolute Gasteiger partial charge is 0.404 e. The van der Waals surface area contributed by atoms with E-state index in [1.807, 2.05) is 0 Å². The second kappa shape index (κ2) is 4.61. The van der Waals surface area contributed by atoms with Gasteiger partial charge in [-0.1, -0.05) is 25.9 Å². The van der Waals surface area contributed by atoms with Crippen molar-refractivity contribution in [1.82, 2.24) is 5.32 Å². The van der Waals surface area contributed by atoms with E-state index in [4.69, 9.17) is 10.6 Å². The highest BCUT2D eigenvalue weighted by atomic mass is 16.4. The summed E-state index contributed by atoms with van der Waals surface area (Å²) in [5.41, 5.74) is 8.41. The van der Waals surface area contributed by atoms with Crippen molar-refractivity contribution in [2.75, 3.05) is 0 Å². The van der Waals surface area contributed by atoms with Crippen molar-refractivity contribution in [2.45, 2.75) is 45.7 Å². The fourth-order valence-corrected chi connectivity index (χ4v) is 2.45. The molecule has 1 fully saturated rings. The first-order chi connectivity index (χ1) is 7.34. The predicted octanol–water partition coefficient (Wildman–Crippen LogP) is 2.76. The average molecular weight is 226 g/mol. The normalized spacial score (nSPS) is 29.6. The number of amides is 1. The Hall–Kier alpha value is -1.42. The topological polar surface area (TPSA) is 98.1 Å². The molecule has 0 radical (unpaired) electrons. The van der Waals surface area contributed by atoms with Crippen LogP contribution in [0.4, 0.5) is 4.79 Å². The molecule has 0 saturated heterocycles. The molecule has 0 aliphatic heterocycles. The molecule has 0 aromatic heterocycles. The molecule has 1 saturated carbocycles. The van der Waals surface area contributed by atoms with Crippen LogP contribution >= 0.6 is 0 Å². The van der Waals surface area contributed by atoms with Crippen LogP contribution in [0.2, 0.25) is 0 Å². The van der Waals surface area contributed by atoms with Gasteiger partial charge in [0.15, 0.2) is 0 Å². The minimum absolute atomic E-state index is 0.00679. The number of azide groups is 1. The van der Waals surface area contributed by atoms with E-state index in [0.717, 1.165) is 6.42 Å². The van der Waals surface area contributed by atoms with E-state index >= 15 is 0 Å². The molecule has 0 bridgehead atoms. The summed E-state index contributed by atoms with van der Waals surface area (Å²) in [7, 11) is 0. The number of nitrogens with one attached hydrogen (secondary N) is 1. The van der Waals surface area contributed by atoms with Gasteiger partial charge in [-0.15, -0.1) is 0 Å². The van der Waals surface area contributed by atoms with Crippen LogP contribution in [0.25, 0.3) is 10.4 Å². The summed E-state index contributed by atoms with van der Waals surface area (Å²) < 4.78 is 0. The van der Waals surface area contributed by atoms with E-state index in [-0.39, 0.29) is 23.4 Å². The highest BCUT2D eigenvalue weighted by Crippen LogP contribution is 2.40. The van der Waals surface area contributed by atoms with E-state index in [0.29, 0.717) is 6.42 Å². The molecular weight excluding hydrogens is 208 g/mol. The van der Waals surface area contributed by atoms with Gasteiger partial charge >= 0.3 is 6.09 Å². The lowest BCUT2D eigenvalue weighted by Crippen LogP contribution is -2.41. The Kier molecular flexibility index (Phi) is 3.65. The maximum absolute atomic E-state index is 10.7. The van der Waals surface area contributed by atoms with Crippen molar-refractivity contribution < 1.29 is 9.90 Å². The van der Waals surface area contributed by atoms with E-state index in [1.54, 1.807) is 0 Å². The average Bonchev–Trinajstić information content (AvgIpc) is 2.46. The molecule has 2 N–H and O–H groups in total. The van der Waals surface area contributed by atoms with Crippen LogP contribution in [-0.4, -0.2) is 23.3 Å². The maximum atomic E-state index is 10.7. The van der Waals surface area contributed by atoms with Crippen LogP contribution in [0.15, 0.2) is 5.11 Å². The Morgan fingerprint density at radius 3 is 2.56 bits per heavy atom. The number of hydrogen-bond acceptors (Lipinski definition) is 2. The largest absolute Gasteiger partial charge is 0.465 e. The van der Waals surface area contributed by atoms with Gasteiger partial charge in [0, 0.05) is 17.0 Å². The van der Waals surface area contributed by atoms with Crippen molar-refractivity contribution in [2.24, 2.45) is 16.4 Å². The summed E-state index contributed by atoms with van der Waals surface area (Å²) in [6, 6.07) is -0.209. The van der Waals surface area contributed by atoms with E-state index in [1.165, 1.54) is 0 Å². The molecule has 6 nitrogen and oxygen atoms in total. The number of hydrogen-bond donors (Lipinski definition) is 2. The van der Waals surface area contributed by atoms with Crippen LogP contribution < -0.4 is 5.32 Å². The van der Waals surface area contributed by atoms with Crippen molar-refractivity contribution in [1.29, 1.82) is 0 Å². The summed E-state index contributed by atoms with van der Waals surface area (Å²) in [5, 5.41) is 15.0. The Morgan fingerprint density at radius 2 is 2.12 bits per heavy atom. The van der Waals surface area contributed by atoms with Crippen molar-refractivity contribution >= 4 is 6.09 Å². The maximum Gasteiger partial charge on any atom is 0.404 e. The van der Waals surface area contributed by atoms with Crippen LogP contribution in [-0.2, 0) is 0 Å². The first-order valence-corrected chi connectivity index (χ1v) is 5.38. The van der Waals surface area contributed by atoms with Gasteiger partial charge in [-0.05, 0) is 29.7 Å². The zero-order valence-corrected chi connectivity index (χ0v) is 9.84. The lowest BCUT2D eigenvalue weighted by molar-refractivity contribution is 0.167.